The van der Waals surface area contributed by atoms with Crippen molar-refractivity contribution in [3.63, 3.8) is 0 Å². The van der Waals surface area contributed by atoms with E-state index in [2.05, 4.69) is 26.2 Å². The van der Waals surface area contributed by atoms with Crippen molar-refractivity contribution < 1.29 is 0 Å². The SMILES string of the molecule is Cc1cc(C#N)cc(Sc2ncn[nH]2)n1. The third-order valence-corrected chi connectivity index (χ3v) is 2.46. The molecular formula is C9H7N5S. The van der Waals surface area contributed by atoms with Crippen LogP contribution in [0.2, 0.25) is 0 Å². The lowest BCUT2D eigenvalue weighted by Gasteiger charge is -1.99. The molecule has 2 aromatic rings. The summed E-state index contributed by atoms with van der Waals surface area (Å²) in [5.74, 6) is 0. The summed E-state index contributed by atoms with van der Waals surface area (Å²) in [6, 6.07) is 5.55. The summed E-state index contributed by atoms with van der Waals surface area (Å²) in [6.07, 6.45) is 1.43. The number of rotatable bonds is 2. The zero-order valence-electron chi connectivity index (χ0n) is 7.93. The standard InChI is InChI=1S/C9H7N5S/c1-6-2-7(4-10)3-8(13-6)15-9-11-5-12-14-9/h2-3,5H,1H3,(H,11,12,14). The number of aromatic amines is 1. The monoisotopic (exact) mass is 217 g/mol. The van der Waals surface area contributed by atoms with Gasteiger partial charge in [-0.1, -0.05) is 0 Å². The van der Waals surface area contributed by atoms with Gasteiger partial charge < -0.3 is 0 Å². The predicted octanol–water partition coefficient (Wildman–Crippen LogP) is 1.53. The van der Waals surface area contributed by atoms with E-state index in [9.17, 15) is 0 Å². The maximum absolute atomic E-state index is 8.79. The Hall–Kier alpha value is -1.87. The van der Waals surface area contributed by atoms with E-state index in [1.807, 2.05) is 6.92 Å². The predicted molar refractivity (Wildman–Crippen MR) is 54.2 cm³/mol. The number of H-pyrrole nitrogens is 1. The minimum atomic E-state index is 0.601. The highest BCUT2D eigenvalue weighted by Gasteiger charge is 2.03. The fourth-order valence-electron chi connectivity index (χ4n) is 1.10. The molecule has 0 aliphatic rings. The first-order chi connectivity index (χ1) is 7.28. The van der Waals surface area contributed by atoms with E-state index < -0.39 is 0 Å². The van der Waals surface area contributed by atoms with Gasteiger partial charge in [-0.2, -0.15) is 10.4 Å². The molecule has 2 rings (SSSR count). The number of aryl methyl sites for hydroxylation is 1. The van der Waals surface area contributed by atoms with Gasteiger partial charge in [0.25, 0.3) is 0 Å². The van der Waals surface area contributed by atoms with Crippen LogP contribution in [0.5, 0.6) is 0 Å². The number of pyridine rings is 1. The van der Waals surface area contributed by atoms with Crippen LogP contribution >= 0.6 is 11.8 Å². The average molecular weight is 217 g/mol. The van der Waals surface area contributed by atoms with Crippen LogP contribution in [-0.4, -0.2) is 20.2 Å². The van der Waals surface area contributed by atoms with Crippen LogP contribution in [-0.2, 0) is 0 Å². The van der Waals surface area contributed by atoms with Crippen molar-refractivity contribution in [2.45, 2.75) is 17.1 Å². The van der Waals surface area contributed by atoms with E-state index >= 15 is 0 Å². The molecule has 74 valence electrons. The second kappa shape index (κ2) is 4.11. The molecule has 0 aliphatic heterocycles. The molecule has 0 aliphatic carbocycles. The minimum Gasteiger partial charge on any atom is -0.254 e. The van der Waals surface area contributed by atoms with Gasteiger partial charge in [0, 0.05) is 5.69 Å². The van der Waals surface area contributed by atoms with Gasteiger partial charge in [0.15, 0.2) is 5.16 Å². The molecule has 0 unspecified atom stereocenters. The Morgan fingerprint density at radius 1 is 1.47 bits per heavy atom. The lowest BCUT2D eigenvalue weighted by molar-refractivity contribution is 0.963. The molecule has 15 heavy (non-hydrogen) atoms. The van der Waals surface area contributed by atoms with Crippen LogP contribution in [0.1, 0.15) is 11.3 Å². The van der Waals surface area contributed by atoms with E-state index in [4.69, 9.17) is 5.26 Å². The fraction of sp³-hybridized carbons (Fsp3) is 0.111. The molecule has 0 spiro atoms. The van der Waals surface area contributed by atoms with Crippen molar-refractivity contribution in [1.29, 1.82) is 5.26 Å². The maximum Gasteiger partial charge on any atom is 0.189 e. The largest absolute Gasteiger partial charge is 0.254 e. The molecule has 0 bridgehead atoms. The number of nitrogens with one attached hydrogen (secondary N) is 1. The van der Waals surface area contributed by atoms with Crippen molar-refractivity contribution in [2.24, 2.45) is 0 Å². The molecule has 0 radical (unpaired) electrons. The molecule has 0 atom stereocenters. The summed E-state index contributed by atoms with van der Waals surface area (Å²) in [6.45, 7) is 1.85. The molecule has 0 fully saturated rings. The molecule has 2 heterocycles. The van der Waals surface area contributed by atoms with E-state index in [0.29, 0.717) is 10.7 Å². The second-order valence-corrected chi connectivity index (χ2v) is 3.85. The first-order valence-electron chi connectivity index (χ1n) is 4.20. The summed E-state index contributed by atoms with van der Waals surface area (Å²) < 4.78 is 0. The van der Waals surface area contributed by atoms with Crippen molar-refractivity contribution >= 4 is 11.8 Å². The van der Waals surface area contributed by atoms with Gasteiger partial charge in [-0.25, -0.2) is 9.97 Å². The summed E-state index contributed by atoms with van der Waals surface area (Å²) >= 11 is 1.35. The molecule has 2 aromatic heterocycles. The van der Waals surface area contributed by atoms with Crippen LogP contribution in [0.4, 0.5) is 0 Å². The smallest absolute Gasteiger partial charge is 0.189 e. The topological polar surface area (TPSA) is 78.2 Å². The average Bonchev–Trinajstić information content (AvgIpc) is 2.69. The quantitative estimate of drug-likeness (QED) is 0.825. The van der Waals surface area contributed by atoms with E-state index in [-0.39, 0.29) is 0 Å². The Balaban J connectivity index is 2.29. The van der Waals surface area contributed by atoms with Crippen molar-refractivity contribution in [1.82, 2.24) is 20.2 Å². The van der Waals surface area contributed by atoms with Gasteiger partial charge in [0.1, 0.15) is 11.4 Å². The Kier molecular flexibility index (Phi) is 2.65. The van der Waals surface area contributed by atoms with Gasteiger partial charge in [-0.3, -0.25) is 5.10 Å². The number of nitriles is 1. The van der Waals surface area contributed by atoms with Gasteiger partial charge >= 0.3 is 0 Å². The number of hydrogen-bond acceptors (Lipinski definition) is 5. The minimum absolute atomic E-state index is 0.601. The second-order valence-electron chi connectivity index (χ2n) is 2.84. The summed E-state index contributed by atoms with van der Waals surface area (Å²) in [5, 5.41) is 16.6. The van der Waals surface area contributed by atoms with Crippen molar-refractivity contribution in [3.05, 3.63) is 29.7 Å². The van der Waals surface area contributed by atoms with E-state index in [0.717, 1.165) is 10.7 Å². The molecule has 0 saturated carbocycles. The first kappa shape index (κ1) is 9.68. The molecule has 6 heteroatoms. The van der Waals surface area contributed by atoms with Gasteiger partial charge in [0.05, 0.1) is 11.6 Å². The number of hydrogen-bond donors (Lipinski definition) is 1. The van der Waals surface area contributed by atoms with Crippen LogP contribution < -0.4 is 0 Å². The van der Waals surface area contributed by atoms with Crippen molar-refractivity contribution in [3.8, 4) is 6.07 Å². The van der Waals surface area contributed by atoms with E-state index in [1.54, 1.807) is 12.1 Å². The van der Waals surface area contributed by atoms with Gasteiger partial charge in [-0.15, -0.1) is 0 Å². The summed E-state index contributed by atoms with van der Waals surface area (Å²) in [7, 11) is 0. The normalized spacial score (nSPS) is 9.87. The Bertz CT molecular complexity index is 500. The summed E-state index contributed by atoms with van der Waals surface area (Å²) in [5.41, 5.74) is 1.42. The zero-order chi connectivity index (χ0) is 10.7. The zero-order valence-corrected chi connectivity index (χ0v) is 8.75. The lowest BCUT2D eigenvalue weighted by Crippen LogP contribution is -1.88. The fourth-order valence-corrected chi connectivity index (χ4v) is 1.87. The molecule has 1 N–H and O–H groups in total. The highest BCUT2D eigenvalue weighted by Crippen LogP contribution is 2.22. The Morgan fingerprint density at radius 2 is 2.33 bits per heavy atom. The third kappa shape index (κ3) is 2.33. The van der Waals surface area contributed by atoms with Crippen LogP contribution in [0.15, 0.2) is 28.6 Å². The maximum atomic E-state index is 8.79. The number of aromatic nitrogens is 4. The number of nitrogens with zero attached hydrogens (tertiary/aromatic N) is 4. The first-order valence-corrected chi connectivity index (χ1v) is 5.01. The lowest BCUT2D eigenvalue weighted by atomic mass is 10.2. The Labute approximate surface area is 90.6 Å². The van der Waals surface area contributed by atoms with E-state index in [1.165, 1.54) is 18.1 Å². The Morgan fingerprint density at radius 3 is 3.00 bits per heavy atom. The highest BCUT2D eigenvalue weighted by molar-refractivity contribution is 7.99. The van der Waals surface area contributed by atoms with Gasteiger partial charge in [-0.05, 0) is 30.8 Å². The molecule has 0 amide bonds. The van der Waals surface area contributed by atoms with Gasteiger partial charge in [0.2, 0.25) is 0 Å². The molecular weight excluding hydrogens is 210 g/mol. The van der Waals surface area contributed by atoms with Crippen LogP contribution in [0, 0.1) is 18.3 Å². The highest BCUT2D eigenvalue weighted by atomic mass is 32.2. The third-order valence-electron chi connectivity index (χ3n) is 1.65. The molecule has 0 aromatic carbocycles. The van der Waals surface area contributed by atoms with Crippen LogP contribution in [0.25, 0.3) is 0 Å². The molecule has 5 nitrogen and oxygen atoms in total. The molecule has 0 saturated heterocycles. The van der Waals surface area contributed by atoms with Crippen LogP contribution in [0.3, 0.4) is 0 Å². The van der Waals surface area contributed by atoms with Crippen molar-refractivity contribution in [2.75, 3.05) is 0 Å². The summed E-state index contributed by atoms with van der Waals surface area (Å²) in [4.78, 5) is 8.25.